The number of rotatable bonds is 3. The van der Waals surface area contributed by atoms with Crippen molar-refractivity contribution < 1.29 is 5.11 Å². The summed E-state index contributed by atoms with van der Waals surface area (Å²) >= 11 is 7.62. The molecule has 0 saturated carbocycles. The maximum atomic E-state index is 9.34. The van der Waals surface area contributed by atoms with Gasteiger partial charge in [-0.15, -0.1) is 11.3 Å². The average Bonchev–Trinajstić information content (AvgIpc) is 3.12. The Morgan fingerprint density at radius 2 is 1.92 bits per heavy atom. The van der Waals surface area contributed by atoms with Gasteiger partial charge in [-0.1, -0.05) is 11.6 Å². The normalized spacial score (nSPS) is 11.1. The summed E-state index contributed by atoms with van der Waals surface area (Å²) in [6, 6.07) is 10.6. The third kappa shape index (κ3) is 2.70. The van der Waals surface area contributed by atoms with Crippen LogP contribution in [-0.4, -0.2) is 19.5 Å². The lowest BCUT2D eigenvalue weighted by Gasteiger charge is -2.02. The van der Waals surface area contributed by atoms with E-state index in [1.165, 1.54) is 11.3 Å². The van der Waals surface area contributed by atoms with E-state index in [0.29, 0.717) is 5.02 Å². The van der Waals surface area contributed by atoms with Gasteiger partial charge < -0.3 is 10.4 Å². The van der Waals surface area contributed by atoms with Gasteiger partial charge in [-0.25, -0.2) is 9.97 Å². The smallest absolute Gasteiger partial charge is 0.187 e. The average molecular weight is 357 g/mol. The van der Waals surface area contributed by atoms with Crippen LogP contribution in [0.1, 0.15) is 5.69 Å². The molecule has 5 nitrogen and oxygen atoms in total. The molecule has 0 saturated heterocycles. The molecule has 0 radical (unpaired) electrons. The zero-order chi connectivity index (χ0) is 16.7. The first-order valence-electron chi connectivity index (χ1n) is 7.26. The number of halogens is 1. The first-order valence-corrected chi connectivity index (χ1v) is 8.52. The van der Waals surface area contributed by atoms with Crippen molar-refractivity contribution in [3.8, 4) is 17.1 Å². The highest BCUT2D eigenvalue weighted by Crippen LogP contribution is 2.30. The van der Waals surface area contributed by atoms with E-state index in [1.807, 2.05) is 35.0 Å². The van der Waals surface area contributed by atoms with E-state index < -0.39 is 0 Å². The third-order valence-electron chi connectivity index (χ3n) is 3.62. The standard InChI is InChI=1S/C17H13ClN4OS/c1-10-16(22-8-11(18)2-7-15(22)19-10)14-9-24-17(21-14)20-12-3-5-13(23)6-4-12/h2-9,23H,1H3,(H,20,21). The van der Waals surface area contributed by atoms with Crippen LogP contribution in [0.2, 0.25) is 5.02 Å². The molecule has 4 rings (SSSR count). The van der Waals surface area contributed by atoms with Gasteiger partial charge in [0.15, 0.2) is 5.13 Å². The number of phenolic OH excluding ortho intramolecular Hbond substituents is 1. The van der Waals surface area contributed by atoms with Crippen molar-refractivity contribution in [2.24, 2.45) is 0 Å². The fourth-order valence-corrected chi connectivity index (χ4v) is 3.43. The van der Waals surface area contributed by atoms with Gasteiger partial charge in [0.25, 0.3) is 0 Å². The topological polar surface area (TPSA) is 62.5 Å². The molecule has 0 atom stereocenters. The van der Waals surface area contributed by atoms with E-state index >= 15 is 0 Å². The monoisotopic (exact) mass is 356 g/mol. The molecule has 0 spiro atoms. The van der Waals surface area contributed by atoms with Crippen LogP contribution in [0.4, 0.5) is 10.8 Å². The Labute approximate surface area is 147 Å². The molecule has 3 heterocycles. The van der Waals surface area contributed by atoms with Gasteiger partial charge in [-0.05, 0) is 43.3 Å². The number of nitrogens with zero attached hydrogens (tertiary/aromatic N) is 3. The number of hydrogen-bond donors (Lipinski definition) is 2. The number of nitrogens with one attached hydrogen (secondary N) is 1. The maximum Gasteiger partial charge on any atom is 0.187 e. The van der Waals surface area contributed by atoms with E-state index in [4.69, 9.17) is 11.6 Å². The Balaban J connectivity index is 1.71. The van der Waals surface area contributed by atoms with Crippen LogP contribution >= 0.6 is 22.9 Å². The number of aromatic nitrogens is 3. The molecule has 0 amide bonds. The molecule has 1 aromatic carbocycles. The molecular formula is C17H13ClN4OS. The van der Waals surface area contributed by atoms with Crippen molar-refractivity contribution in [2.45, 2.75) is 6.92 Å². The largest absolute Gasteiger partial charge is 0.508 e. The van der Waals surface area contributed by atoms with Gasteiger partial charge in [0, 0.05) is 17.3 Å². The minimum absolute atomic E-state index is 0.235. The minimum Gasteiger partial charge on any atom is -0.508 e. The summed E-state index contributed by atoms with van der Waals surface area (Å²) in [5.41, 5.74) is 4.38. The summed E-state index contributed by atoms with van der Waals surface area (Å²) in [5.74, 6) is 0.235. The minimum atomic E-state index is 0.235. The van der Waals surface area contributed by atoms with E-state index in [-0.39, 0.29) is 5.75 Å². The van der Waals surface area contributed by atoms with Crippen LogP contribution in [0.5, 0.6) is 5.75 Å². The van der Waals surface area contributed by atoms with Crippen molar-refractivity contribution in [3.63, 3.8) is 0 Å². The Morgan fingerprint density at radius 3 is 2.71 bits per heavy atom. The van der Waals surface area contributed by atoms with Crippen LogP contribution in [0, 0.1) is 6.92 Å². The molecule has 24 heavy (non-hydrogen) atoms. The quantitative estimate of drug-likeness (QED) is 0.514. The van der Waals surface area contributed by atoms with Gasteiger partial charge >= 0.3 is 0 Å². The molecule has 0 aliphatic rings. The van der Waals surface area contributed by atoms with Crippen LogP contribution in [-0.2, 0) is 0 Å². The number of aryl methyl sites for hydroxylation is 1. The lowest BCUT2D eigenvalue weighted by molar-refractivity contribution is 0.475. The lowest BCUT2D eigenvalue weighted by atomic mass is 10.3. The number of anilines is 2. The number of thiazole rings is 1. The summed E-state index contributed by atoms with van der Waals surface area (Å²) < 4.78 is 1.96. The van der Waals surface area contributed by atoms with E-state index in [1.54, 1.807) is 24.3 Å². The predicted molar refractivity (Wildman–Crippen MR) is 97.4 cm³/mol. The molecule has 0 aliphatic carbocycles. The second-order valence-corrected chi connectivity index (χ2v) is 6.63. The van der Waals surface area contributed by atoms with Crippen molar-refractivity contribution in [1.82, 2.24) is 14.4 Å². The Morgan fingerprint density at radius 1 is 1.12 bits per heavy atom. The molecule has 3 aromatic heterocycles. The fourth-order valence-electron chi connectivity index (χ4n) is 2.55. The zero-order valence-corrected chi connectivity index (χ0v) is 14.3. The van der Waals surface area contributed by atoms with Crippen LogP contribution < -0.4 is 5.32 Å². The molecule has 120 valence electrons. The summed E-state index contributed by atoms with van der Waals surface area (Å²) in [7, 11) is 0. The zero-order valence-electron chi connectivity index (χ0n) is 12.7. The molecule has 0 unspecified atom stereocenters. The predicted octanol–water partition coefficient (Wildman–Crippen LogP) is 4.87. The number of hydrogen-bond acceptors (Lipinski definition) is 5. The van der Waals surface area contributed by atoms with Crippen molar-refractivity contribution in [3.05, 3.63) is 58.7 Å². The summed E-state index contributed by atoms with van der Waals surface area (Å²) in [4.78, 5) is 9.21. The lowest BCUT2D eigenvalue weighted by Crippen LogP contribution is -1.92. The van der Waals surface area contributed by atoms with Crippen LogP contribution in [0.15, 0.2) is 48.0 Å². The van der Waals surface area contributed by atoms with Gasteiger partial charge in [0.1, 0.15) is 17.1 Å². The number of pyridine rings is 1. The number of fused-ring (bicyclic) bond motifs is 1. The highest BCUT2D eigenvalue weighted by molar-refractivity contribution is 7.14. The molecule has 0 aliphatic heterocycles. The van der Waals surface area contributed by atoms with Crippen LogP contribution in [0.3, 0.4) is 0 Å². The highest BCUT2D eigenvalue weighted by Gasteiger charge is 2.14. The number of imidazole rings is 1. The SMILES string of the molecule is Cc1nc2ccc(Cl)cn2c1-c1csc(Nc2ccc(O)cc2)n1. The first-order chi connectivity index (χ1) is 11.6. The van der Waals surface area contributed by atoms with Gasteiger partial charge in [-0.3, -0.25) is 4.40 Å². The third-order valence-corrected chi connectivity index (χ3v) is 4.60. The Bertz CT molecular complexity index is 1020. The Hall–Kier alpha value is -2.57. The molecule has 4 aromatic rings. The number of benzene rings is 1. The molecular weight excluding hydrogens is 344 g/mol. The summed E-state index contributed by atoms with van der Waals surface area (Å²) in [5, 5.41) is 16.0. The van der Waals surface area contributed by atoms with Gasteiger partial charge in [-0.2, -0.15) is 0 Å². The second-order valence-electron chi connectivity index (χ2n) is 5.33. The fraction of sp³-hybridized carbons (Fsp3) is 0.0588. The maximum absolute atomic E-state index is 9.34. The van der Waals surface area contributed by atoms with E-state index in [0.717, 1.165) is 33.5 Å². The summed E-state index contributed by atoms with van der Waals surface area (Å²) in [6.45, 7) is 1.96. The van der Waals surface area contributed by atoms with Crippen molar-refractivity contribution in [2.75, 3.05) is 5.32 Å². The molecule has 2 N–H and O–H groups in total. The second kappa shape index (κ2) is 5.81. The van der Waals surface area contributed by atoms with E-state index in [9.17, 15) is 5.11 Å². The Kier molecular flexibility index (Phi) is 3.63. The van der Waals surface area contributed by atoms with E-state index in [2.05, 4.69) is 15.3 Å². The van der Waals surface area contributed by atoms with Crippen molar-refractivity contribution >= 4 is 39.4 Å². The molecule has 7 heteroatoms. The summed E-state index contributed by atoms with van der Waals surface area (Å²) in [6.07, 6.45) is 1.85. The number of aromatic hydroxyl groups is 1. The van der Waals surface area contributed by atoms with Gasteiger partial charge in [0.2, 0.25) is 0 Å². The highest BCUT2D eigenvalue weighted by atomic mass is 35.5. The molecule has 0 bridgehead atoms. The first kappa shape index (κ1) is 15.0. The van der Waals surface area contributed by atoms with Crippen molar-refractivity contribution in [1.29, 1.82) is 0 Å². The number of phenols is 1. The van der Waals surface area contributed by atoms with Crippen LogP contribution in [0.25, 0.3) is 17.0 Å². The van der Waals surface area contributed by atoms with Gasteiger partial charge in [0.05, 0.1) is 16.4 Å². The molecule has 0 fully saturated rings.